The SMILES string of the molecule is COC(=O)C(C(=O)OC)[C@@H](C=C(c1ccccc1)c1ccccc1)c1ccccc1. The number of benzene rings is 3. The van der Waals surface area contributed by atoms with Crippen LogP contribution in [0.3, 0.4) is 0 Å². The predicted octanol–water partition coefficient (Wildman–Crippen LogP) is 4.86. The van der Waals surface area contributed by atoms with Crippen molar-refractivity contribution in [3.63, 3.8) is 0 Å². The van der Waals surface area contributed by atoms with Crippen molar-refractivity contribution in [1.29, 1.82) is 0 Å². The quantitative estimate of drug-likeness (QED) is 0.420. The van der Waals surface area contributed by atoms with Crippen molar-refractivity contribution in [2.24, 2.45) is 5.92 Å². The molecule has 3 aromatic rings. The van der Waals surface area contributed by atoms with Crippen LogP contribution in [0.15, 0.2) is 97.1 Å². The molecule has 0 aliphatic rings. The number of esters is 2. The summed E-state index contributed by atoms with van der Waals surface area (Å²) in [5.74, 6) is -2.95. The lowest BCUT2D eigenvalue weighted by molar-refractivity contribution is -0.159. The molecule has 4 heteroatoms. The summed E-state index contributed by atoms with van der Waals surface area (Å²) in [7, 11) is 2.55. The largest absolute Gasteiger partial charge is 0.468 e. The Bertz CT molecular complexity index is 937. The van der Waals surface area contributed by atoms with Crippen molar-refractivity contribution in [3.05, 3.63) is 114 Å². The van der Waals surface area contributed by atoms with Gasteiger partial charge in [0.25, 0.3) is 0 Å². The fourth-order valence-electron chi connectivity index (χ4n) is 3.48. The van der Waals surface area contributed by atoms with Gasteiger partial charge >= 0.3 is 11.9 Å². The zero-order valence-corrected chi connectivity index (χ0v) is 17.0. The molecular formula is C26H24O4. The third-order valence-corrected chi connectivity index (χ3v) is 4.97. The normalized spacial score (nSPS) is 11.4. The van der Waals surface area contributed by atoms with Crippen molar-refractivity contribution in [2.45, 2.75) is 5.92 Å². The fraction of sp³-hybridized carbons (Fsp3) is 0.154. The number of hydrogen-bond donors (Lipinski definition) is 0. The first kappa shape index (κ1) is 21.1. The summed E-state index contributed by atoms with van der Waals surface area (Å²) < 4.78 is 9.92. The van der Waals surface area contributed by atoms with Crippen LogP contribution < -0.4 is 0 Å². The van der Waals surface area contributed by atoms with Gasteiger partial charge < -0.3 is 9.47 Å². The molecule has 0 saturated carbocycles. The van der Waals surface area contributed by atoms with Crippen molar-refractivity contribution >= 4 is 17.5 Å². The summed E-state index contributed by atoms with van der Waals surface area (Å²) in [6.45, 7) is 0. The van der Waals surface area contributed by atoms with E-state index in [1.165, 1.54) is 14.2 Å². The van der Waals surface area contributed by atoms with Gasteiger partial charge in [0.05, 0.1) is 14.2 Å². The molecule has 0 radical (unpaired) electrons. The molecule has 152 valence electrons. The van der Waals surface area contributed by atoms with Gasteiger partial charge in [-0.25, -0.2) is 0 Å². The number of rotatable bonds is 7. The second kappa shape index (κ2) is 10.2. The molecule has 3 aromatic carbocycles. The van der Waals surface area contributed by atoms with Gasteiger partial charge in [0.2, 0.25) is 0 Å². The van der Waals surface area contributed by atoms with E-state index < -0.39 is 23.8 Å². The molecule has 0 fully saturated rings. The van der Waals surface area contributed by atoms with Gasteiger partial charge in [-0.2, -0.15) is 0 Å². The third kappa shape index (κ3) is 4.84. The lowest BCUT2D eigenvalue weighted by Gasteiger charge is -2.23. The Hall–Kier alpha value is -3.66. The summed E-state index contributed by atoms with van der Waals surface area (Å²) in [4.78, 5) is 25.3. The number of methoxy groups -OCH3 is 2. The summed E-state index contributed by atoms with van der Waals surface area (Å²) in [5.41, 5.74) is 3.71. The molecule has 0 unspecified atom stereocenters. The average Bonchev–Trinajstić information content (AvgIpc) is 2.82. The Balaban J connectivity index is 2.23. The molecule has 0 N–H and O–H groups in total. The van der Waals surface area contributed by atoms with E-state index in [0.717, 1.165) is 22.3 Å². The smallest absolute Gasteiger partial charge is 0.321 e. The maximum absolute atomic E-state index is 12.6. The van der Waals surface area contributed by atoms with E-state index in [1.807, 2.05) is 97.1 Å². The van der Waals surface area contributed by atoms with Gasteiger partial charge in [0, 0.05) is 5.92 Å². The van der Waals surface area contributed by atoms with Gasteiger partial charge in [-0.3, -0.25) is 9.59 Å². The zero-order chi connectivity index (χ0) is 21.3. The van der Waals surface area contributed by atoms with Crippen LogP contribution in [0.5, 0.6) is 0 Å². The lowest BCUT2D eigenvalue weighted by Crippen LogP contribution is -2.31. The summed E-state index contributed by atoms with van der Waals surface area (Å²) in [6, 6.07) is 29.2. The molecule has 0 amide bonds. The van der Waals surface area contributed by atoms with Gasteiger partial charge in [0.15, 0.2) is 5.92 Å². The second-order valence-corrected chi connectivity index (χ2v) is 6.77. The summed E-state index contributed by atoms with van der Waals surface area (Å²) in [6.07, 6.45) is 1.96. The second-order valence-electron chi connectivity index (χ2n) is 6.77. The highest BCUT2D eigenvalue weighted by Crippen LogP contribution is 2.34. The summed E-state index contributed by atoms with van der Waals surface area (Å²) in [5, 5.41) is 0. The number of allylic oxidation sites excluding steroid dienone is 1. The Morgan fingerprint density at radius 1 is 0.667 bits per heavy atom. The van der Waals surface area contributed by atoms with Crippen molar-refractivity contribution < 1.29 is 19.1 Å². The maximum atomic E-state index is 12.6. The third-order valence-electron chi connectivity index (χ3n) is 4.97. The highest BCUT2D eigenvalue weighted by molar-refractivity contribution is 5.97. The monoisotopic (exact) mass is 400 g/mol. The van der Waals surface area contributed by atoms with Crippen LogP contribution in [-0.4, -0.2) is 26.2 Å². The van der Waals surface area contributed by atoms with Gasteiger partial charge in [0.1, 0.15) is 0 Å². The molecule has 4 nitrogen and oxygen atoms in total. The molecule has 1 atom stereocenters. The minimum atomic E-state index is -1.12. The van der Waals surface area contributed by atoms with Crippen LogP contribution in [0, 0.1) is 5.92 Å². The van der Waals surface area contributed by atoms with E-state index in [-0.39, 0.29) is 0 Å². The van der Waals surface area contributed by atoms with Crippen LogP contribution >= 0.6 is 0 Å². The van der Waals surface area contributed by atoms with E-state index in [9.17, 15) is 9.59 Å². The molecule has 0 aliphatic carbocycles. The molecule has 0 bridgehead atoms. The topological polar surface area (TPSA) is 52.6 Å². The van der Waals surface area contributed by atoms with E-state index in [4.69, 9.17) is 9.47 Å². The molecule has 0 saturated heterocycles. The number of hydrogen-bond acceptors (Lipinski definition) is 4. The van der Waals surface area contributed by atoms with E-state index in [0.29, 0.717) is 0 Å². The molecular weight excluding hydrogens is 376 g/mol. The van der Waals surface area contributed by atoms with E-state index in [2.05, 4.69) is 0 Å². The molecule has 0 aliphatic heterocycles. The molecule has 0 aromatic heterocycles. The van der Waals surface area contributed by atoms with Gasteiger partial charge in [-0.15, -0.1) is 0 Å². The Morgan fingerprint density at radius 2 is 1.07 bits per heavy atom. The minimum Gasteiger partial charge on any atom is -0.468 e. The minimum absolute atomic E-state index is 0.568. The fourth-order valence-corrected chi connectivity index (χ4v) is 3.48. The average molecular weight is 400 g/mol. The van der Waals surface area contributed by atoms with Crippen LogP contribution in [-0.2, 0) is 19.1 Å². The Labute approximate surface area is 176 Å². The molecule has 3 rings (SSSR count). The van der Waals surface area contributed by atoms with Crippen molar-refractivity contribution in [2.75, 3.05) is 14.2 Å². The number of carbonyl (C=O) groups is 2. The Morgan fingerprint density at radius 3 is 1.47 bits per heavy atom. The highest BCUT2D eigenvalue weighted by Gasteiger charge is 2.37. The van der Waals surface area contributed by atoms with Crippen LogP contribution in [0.2, 0.25) is 0 Å². The number of ether oxygens (including phenoxy) is 2. The standard InChI is InChI=1S/C26H24O4/c1-29-25(27)24(26(28)30-2)23(21-16-10-5-11-17-21)18-22(19-12-6-3-7-13-19)20-14-8-4-9-15-20/h3-18,23-24H,1-2H3/t23-/m0/s1. The van der Waals surface area contributed by atoms with Crippen molar-refractivity contribution in [1.82, 2.24) is 0 Å². The van der Waals surface area contributed by atoms with Crippen LogP contribution in [0.1, 0.15) is 22.6 Å². The first-order valence-corrected chi connectivity index (χ1v) is 9.69. The van der Waals surface area contributed by atoms with Crippen LogP contribution in [0.25, 0.3) is 5.57 Å². The van der Waals surface area contributed by atoms with E-state index >= 15 is 0 Å². The van der Waals surface area contributed by atoms with Crippen LogP contribution in [0.4, 0.5) is 0 Å². The van der Waals surface area contributed by atoms with Gasteiger partial charge in [-0.05, 0) is 22.3 Å². The molecule has 0 heterocycles. The Kier molecular flexibility index (Phi) is 7.17. The number of carbonyl (C=O) groups excluding carboxylic acids is 2. The van der Waals surface area contributed by atoms with E-state index in [1.54, 1.807) is 0 Å². The summed E-state index contributed by atoms with van der Waals surface area (Å²) >= 11 is 0. The first-order valence-electron chi connectivity index (χ1n) is 9.69. The van der Waals surface area contributed by atoms with Crippen molar-refractivity contribution in [3.8, 4) is 0 Å². The highest BCUT2D eigenvalue weighted by atomic mass is 16.5. The maximum Gasteiger partial charge on any atom is 0.321 e. The van der Waals surface area contributed by atoms with Gasteiger partial charge in [-0.1, -0.05) is 97.1 Å². The molecule has 30 heavy (non-hydrogen) atoms. The predicted molar refractivity (Wildman–Crippen MR) is 117 cm³/mol. The zero-order valence-electron chi connectivity index (χ0n) is 17.0. The first-order chi connectivity index (χ1) is 14.7. The lowest BCUT2D eigenvalue weighted by atomic mass is 9.82. The molecule has 0 spiro atoms.